The molecule has 0 radical (unpaired) electrons. The van der Waals surface area contributed by atoms with Crippen molar-refractivity contribution in [3.05, 3.63) is 53.6 Å². The van der Waals surface area contributed by atoms with E-state index in [9.17, 15) is 4.79 Å². The Bertz CT molecular complexity index is 988. The van der Waals surface area contributed by atoms with Crippen LogP contribution in [0.4, 0.5) is 0 Å². The Morgan fingerprint density at radius 2 is 1.89 bits per heavy atom. The summed E-state index contributed by atoms with van der Waals surface area (Å²) in [4.78, 5) is 12.4. The van der Waals surface area contributed by atoms with Gasteiger partial charge >= 0.3 is 0 Å². The van der Waals surface area contributed by atoms with Gasteiger partial charge < -0.3 is 4.74 Å². The minimum Gasteiger partial charge on any atom is -0.496 e. The van der Waals surface area contributed by atoms with Crippen LogP contribution in [0.5, 0.6) is 5.75 Å². The number of nitrogens with zero attached hydrogens (tertiary/aromatic N) is 3. The number of thioether (sulfide) groups is 1. The van der Waals surface area contributed by atoms with Crippen LogP contribution < -0.4 is 4.74 Å². The van der Waals surface area contributed by atoms with Crippen LogP contribution in [0.25, 0.3) is 17.1 Å². The predicted molar refractivity (Wildman–Crippen MR) is 111 cm³/mol. The van der Waals surface area contributed by atoms with Crippen molar-refractivity contribution in [3.8, 4) is 22.8 Å². The zero-order chi connectivity index (χ0) is 19.5. The number of para-hydroxylation sites is 1. The normalized spacial score (nSPS) is 16.9. The third-order valence-electron chi connectivity index (χ3n) is 4.81. The van der Waals surface area contributed by atoms with E-state index in [4.69, 9.17) is 16.3 Å². The third-order valence-corrected chi connectivity index (χ3v) is 6.32. The van der Waals surface area contributed by atoms with Crippen molar-refractivity contribution in [1.82, 2.24) is 14.8 Å². The number of hydrogen-bond acceptors (Lipinski definition) is 5. The van der Waals surface area contributed by atoms with E-state index >= 15 is 0 Å². The number of Topliss-reactive ketones (excluding diaryl/α,β-unsaturated/α-hetero) is 1. The Kier molecular flexibility index (Phi) is 5.69. The molecule has 0 amide bonds. The second-order valence-electron chi connectivity index (χ2n) is 6.64. The smallest absolute Gasteiger partial charge is 0.196 e. The molecule has 2 aromatic carbocycles. The van der Waals surface area contributed by atoms with Gasteiger partial charge in [0.2, 0.25) is 0 Å². The number of hydrogen-bond donors (Lipinski definition) is 0. The molecular formula is C21H20ClN3O2S. The van der Waals surface area contributed by atoms with Gasteiger partial charge in [0.05, 0.1) is 17.9 Å². The number of carbonyl (C=O) groups excluding carboxylic acids is 1. The van der Waals surface area contributed by atoms with Crippen molar-refractivity contribution in [2.75, 3.05) is 7.11 Å². The standard InChI is InChI=1S/C21H20ClN3O2S/c1-27-18-8-4-2-6-16(18)20-23-24-21(28-19-9-5-3-7-17(19)26)25(20)15-12-10-14(22)11-13-15/h2,4,6,8,10-13,19H,3,5,7,9H2,1H3/t19-/m1/s1. The number of halogens is 1. The Labute approximate surface area is 173 Å². The molecule has 1 aromatic heterocycles. The van der Waals surface area contributed by atoms with Crippen molar-refractivity contribution >= 4 is 29.1 Å². The van der Waals surface area contributed by atoms with Crippen molar-refractivity contribution in [3.63, 3.8) is 0 Å². The lowest BCUT2D eigenvalue weighted by molar-refractivity contribution is -0.119. The monoisotopic (exact) mass is 413 g/mol. The van der Waals surface area contributed by atoms with Gasteiger partial charge in [-0.3, -0.25) is 9.36 Å². The molecule has 1 atom stereocenters. The van der Waals surface area contributed by atoms with E-state index in [2.05, 4.69) is 10.2 Å². The van der Waals surface area contributed by atoms with Crippen molar-refractivity contribution in [1.29, 1.82) is 0 Å². The molecule has 4 rings (SSSR count). The molecule has 0 aliphatic heterocycles. The molecular weight excluding hydrogens is 394 g/mol. The van der Waals surface area contributed by atoms with E-state index in [-0.39, 0.29) is 5.25 Å². The Hall–Kier alpha value is -2.31. The fraction of sp³-hybridized carbons (Fsp3) is 0.286. The highest BCUT2D eigenvalue weighted by molar-refractivity contribution is 8.00. The SMILES string of the molecule is COc1ccccc1-c1nnc(S[C@@H]2CCCCC2=O)n1-c1ccc(Cl)cc1. The summed E-state index contributed by atoms with van der Waals surface area (Å²) in [5.41, 5.74) is 1.73. The first-order valence-corrected chi connectivity index (χ1v) is 10.5. The van der Waals surface area contributed by atoms with Crippen LogP contribution in [0.2, 0.25) is 5.02 Å². The van der Waals surface area contributed by atoms with Crippen LogP contribution >= 0.6 is 23.4 Å². The molecule has 0 saturated heterocycles. The highest BCUT2D eigenvalue weighted by Gasteiger charge is 2.27. The summed E-state index contributed by atoms with van der Waals surface area (Å²) in [5.74, 6) is 1.68. The summed E-state index contributed by atoms with van der Waals surface area (Å²) in [6, 6.07) is 15.2. The molecule has 7 heteroatoms. The van der Waals surface area contributed by atoms with Gasteiger partial charge in [-0.1, -0.05) is 41.9 Å². The number of ketones is 1. The topological polar surface area (TPSA) is 57.0 Å². The van der Waals surface area contributed by atoms with Gasteiger partial charge in [0, 0.05) is 17.1 Å². The maximum Gasteiger partial charge on any atom is 0.196 e. The zero-order valence-corrected chi connectivity index (χ0v) is 17.0. The van der Waals surface area contributed by atoms with E-state index < -0.39 is 0 Å². The van der Waals surface area contributed by atoms with Gasteiger partial charge in [-0.2, -0.15) is 0 Å². The molecule has 1 heterocycles. The van der Waals surface area contributed by atoms with Crippen molar-refractivity contribution < 1.29 is 9.53 Å². The van der Waals surface area contributed by atoms with Crippen LogP contribution in [0.3, 0.4) is 0 Å². The van der Waals surface area contributed by atoms with Crippen LogP contribution in [0, 0.1) is 0 Å². The van der Waals surface area contributed by atoms with Gasteiger partial charge in [-0.25, -0.2) is 0 Å². The Morgan fingerprint density at radius 3 is 2.64 bits per heavy atom. The largest absolute Gasteiger partial charge is 0.496 e. The molecule has 144 valence electrons. The minimum atomic E-state index is -0.0745. The molecule has 1 aliphatic carbocycles. The van der Waals surface area contributed by atoms with Gasteiger partial charge in [0.15, 0.2) is 11.0 Å². The number of aromatic nitrogens is 3. The second kappa shape index (κ2) is 8.37. The van der Waals surface area contributed by atoms with E-state index in [1.54, 1.807) is 7.11 Å². The van der Waals surface area contributed by atoms with Crippen LogP contribution in [-0.2, 0) is 4.79 Å². The number of carbonyl (C=O) groups is 1. The quantitative estimate of drug-likeness (QED) is 0.575. The molecule has 0 bridgehead atoms. The van der Waals surface area contributed by atoms with E-state index in [1.807, 2.05) is 53.1 Å². The molecule has 1 fully saturated rings. The first kappa shape index (κ1) is 19.0. The number of ether oxygens (including phenoxy) is 1. The molecule has 1 aliphatic rings. The fourth-order valence-electron chi connectivity index (χ4n) is 3.38. The van der Waals surface area contributed by atoms with Crippen LogP contribution in [-0.4, -0.2) is 32.9 Å². The maximum atomic E-state index is 12.4. The molecule has 5 nitrogen and oxygen atoms in total. The molecule has 28 heavy (non-hydrogen) atoms. The minimum absolute atomic E-state index is 0.0745. The first-order valence-electron chi connectivity index (χ1n) is 9.21. The zero-order valence-electron chi connectivity index (χ0n) is 15.5. The lowest BCUT2D eigenvalue weighted by Gasteiger charge is -2.20. The summed E-state index contributed by atoms with van der Waals surface area (Å²) >= 11 is 7.57. The lowest BCUT2D eigenvalue weighted by atomic mass is 9.99. The summed E-state index contributed by atoms with van der Waals surface area (Å²) < 4.78 is 7.50. The molecule has 1 saturated carbocycles. The van der Waals surface area contributed by atoms with Gasteiger partial charge in [0.1, 0.15) is 11.5 Å². The number of rotatable bonds is 5. The van der Waals surface area contributed by atoms with E-state index in [1.165, 1.54) is 11.8 Å². The summed E-state index contributed by atoms with van der Waals surface area (Å²) in [6.07, 6.45) is 3.57. The Morgan fingerprint density at radius 1 is 1.11 bits per heavy atom. The fourth-order valence-corrected chi connectivity index (χ4v) is 4.68. The second-order valence-corrected chi connectivity index (χ2v) is 8.24. The van der Waals surface area contributed by atoms with Crippen LogP contribution in [0.1, 0.15) is 25.7 Å². The third kappa shape index (κ3) is 3.80. The van der Waals surface area contributed by atoms with Crippen molar-refractivity contribution in [2.24, 2.45) is 0 Å². The van der Waals surface area contributed by atoms with E-state index in [0.29, 0.717) is 28.2 Å². The lowest BCUT2D eigenvalue weighted by Crippen LogP contribution is -2.21. The molecule has 0 spiro atoms. The highest BCUT2D eigenvalue weighted by Crippen LogP contribution is 2.36. The first-order chi connectivity index (χ1) is 13.7. The van der Waals surface area contributed by atoms with Crippen LogP contribution in [0.15, 0.2) is 53.7 Å². The molecule has 0 N–H and O–H groups in total. The van der Waals surface area contributed by atoms with Gasteiger partial charge in [-0.05, 0) is 49.2 Å². The Balaban J connectivity index is 1.81. The highest BCUT2D eigenvalue weighted by atomic mass is 35.5. The van der Waals surface area contributed by atoms with Crippen molar-refractivity contribution in [2.45, 2.75) is 36.1 Å². The van der Waals surface area contributed by atoms with Gasteiger partial charge in [0.25, 0.3) is 0 Å². The average Bonchev–Trinajstić information content (AvgIpc) is 3.13. The van der Waals surface area contributed by atoms with Gasteiger partial charge in [-0.15, -0.1) is 10.2 Å². The summed E-state index contributed by atoms with van der Waals surface area (Å²) in [5, 5.41) is 10.2. The summed E-state index contributed by atoms with van der Waals surface area (Å²) in [7, 11) is 1.64. The molecule has 3 aromatic rings. The predicted octanol–water partition coefficient (Wildman–Crippen LogP) is 5.20. The summed E-state index contributed by atoms with van der Waals surface area (Å²) in [6.45, 7) is 0. The molecule has 0 unspecified atom stereocenters. The number of benzene rings is 2. The average molecular weight is 414 g/mol. The number of methoxy groups -OCH3 is 1. The maximum absolute atomic E-state index is 12.4. The van der Waals surface area contributed by atoms with E-state index in [0.717, 1.165) is 36.3 Å².